The number of halogens is 1. The van der Waals surface area contributed by atoms with Gasteiger partial charge in [-0.15, -0.1) is 0 Å². The molecule has 3 heteroatoms. The molecular weight excluding hydrogens is 266 g/mol. The standard InChI is InChI=1S/C13H16BrNO/c1-8-5-6-10-9(7-8)13(2,3)11(14)12(16)15(10)4/h5-7,11H,1-4H3. The van der Waals surface area contributed by atoms with E-state index < -0.39 is 0 Å². The monoisotopic (exact) mass is 281 g/mol. The van der Waals surface area contributed by atoms with Gasteiger partial charge in [0.05, 0.1) is 0 Å². The third kappa shape index (κ3) is 1.49. The van der Waals surface area contributed by atoms with Gasteiger partial charge in [-0.2, -0.15) is 0 Å². The van der Waals surface area contributed by atoms with Crippen LogP contribution < -0.4 is 4.90 Å². The Morgan fingerprint density at radius 2 is 2.00 bits per heavy atom. The molecule has 1 unspecified atom stereocenters. The Morgan fingerprint density at radius 3 is 2.62 bits per heavy atom. The highest BCUT2D eigenvalue weighted by Crippen LogP contribution is 2.43. The van der Waals surface area contributed by atoms with Gasteiger partial charge in [0.15, 0.2) is 0 Å². The molecule has 0 aromatic heterocycles. The minimum absolute atomic E-state index is 0.126. The van der Waals surface area contributed by atoms with Crippen molar-refractivity contribution < 1.29 is 4.79 Å². The van der Waals surface area contributed by atoms with Crippen LogP contribution in [0.2, 0.25) is 0 Å². The van der Waals surface area contributed by atoms with Crippen molar-refractivity contribution >= 4 is 27.5 Å². The van der Waals surface area contributed by atoms with Crippen LogP contribution in [0.4, 0.5) is 5.69 Å². The minimum atomic E-state index is -0.162. The second-order valence-electron chi connectivity index (χ2n) is 5.00. The fraction of sp³-hybridized carbons (Fsp3) is 0.462. The van der Waals surface area contributed by atoms with Gasteiger partial charge in [-0.25, -0.2) is 0 Å². The molecule has 16 heavy (non-hydrogen) atoms. The van der Waals surface area contributed by atoms with Crippen LogP contribution in [0, 0.1) is 6.92 Å². The van der Waals surface area contributed by atoms with Crippen LogP contribution >= 0.6 is 15.9 Å². The van der Waals surface area contributed by atoms with Crippen molar-refractivity contribution in [3.05, 3.63) is 29.3 Å². The number of aryl methyl sites for hydroxylation is 1. The van der Waals surface area contributed by atoms with E-state index in [9.17, 15) is 4.79 Å². The van der Waals surface area contributed by atoms with Crippen molar-refractivity contribution in [1.82, 2.24) is 0 Å². The van der Waals surface area contributed by atoms with E-state index in [2.05, 4.69) is 42.8 Å². The largest absolute Gasteiger partial charge is 0.314 e. The lowest BCUT2D eigenvalue weighted by molar-refractivity contribution is -0.119. The maximum Gasteiger partial charge on any atom is 0.241 e. The summed E-state index contributed by atoms with van der Waals surface area (Å²) < 4.78 is 0. The molecule has 0 saturated carbocycles. The molecule has 0 N–H and O–H groups in total. The van der Waals surface area contributed by atoms with E-state index in [1.807, 2.05) is 19.2 Å². The minimum Gasteiger partial charge on any atom is -0.314 e. The summed E-state index contributed by atoms with van der Waals surface area (Å²) in [7, 11) is 1.83. The molecule has 86 valence electrons. The van der Waals surface area contributed by atoms with Gasteiger partial charge in [-0.1, -0.05) is 47.5 Å². The molecule has 1 aromatic rings. The van der Waals surface area contributed by atoms with Gasteiger partial charge in [0, 0.05) is 18.2 Å². The van der Waals surface area contributed by atoms with E-state index in [-0.39, 0.29) is 16.1 Å². The van der Waals surface area contributed by atoms with Crippen LogP contribution in [0.15, 0.2) is 18.2 Å². The second kappa shape index (κ2) is 3.59. The first kappa shape index (κ1) is 11.6. The summed E-state index contributed by atoms with van der Waals surface area (Å²) in [6.45, 7) is 6.29. The number of amides is 1. The Balaban J connectivity index is 2.69. The Morgan fingerprint density at radius 1 is 1.38 bits per heavy atom. The number of carbonyl (C=O) groups is 1. The SMILES string of the molecule is Cc1ccc2c(c1)C(C)(C)C(Br)C(=O)N2C. The summed E-state index contributed by atoms with van der Waals surface area (Å²) in [5.74, 6) is 0.126. The average molecular weight is 282 g/mol. The molecule has 1 amide bonds. The number of rotatable bonds is 0. The fourth-order valence-corrected chi connectivity index (χ4v) is 2.75. The number of nitrogens with zero attached hydrogens (tertiary/aromatic N) is 1. The summed E-state index contributed by atoms with van der Waals surface area (Å²) in [6, 6.07) is 6.25. The van der Waals surface area contributed by atoms with Crippen LogP contribution in [0.5, 0.6) is 0 Å². The first-order valence-corrected chi connectivity index (χ1v) is 6.30. The third-order valence-electron chi connectivity index (χ3n) is 3.39. The summed E-state index contributed by atoms with van der Waals surface area (Å²) >= 11 is 3.52. The lowest BCUT2D eigenvalue weighted by atomic mass is 9.77. The van der Waals surface area contributed by atoms with Crippen LogP contribution in [-0.2, 0) is 10.2 Å². The van der Waals surface area contributed by atoms with Gasteiger partial charge >= 0.3 is 0 Å². The third-order valence-corrected chi connectivity index (χ3v) is 4.92. The molecule has 0 radical (unpaired) electrons. The Hall–Kier alpha value is -0.830. The first-order valence-electron chi connectivity index (χ1n) is 5.38. The summed E-state index contributed by atoms with van der Waals surface area (Å²) in [5, 5.41) is 0. The highest BCUT2D eigenvalue weighted by atomic mass is 79.9. The van der Waals surface area contributed by atoms with E-state index >= 15 is 0 Å². The molecule has 0 spiro atoms. The van der Waals surface area contributed by atoms with Gasteiger partial charge < -0.3 is 4.90 Å². The Kier molecular flexibility index (Phi) is 2.61. The number of alkyl halides is 1. The van der Waals surface area contributed by atoms with Crippen molar-refractivity contribution in [3.8, 4) is 0 Å². The molecule has 0 aliphatic carbocycles. The lowest BCUT2D eigenvalue weighted by Crippen LogP contribution is -2.48. The number of fused-ring (bicyclic) bond motifs is 1. The molecular formula is C13H16BrNO. The van der Waals surface area contributed by atoms with Gasteiger partial charge in [0.25, 0.3) is 0 Å². The highest BCUT2D eigenvalue weighted by Gasteiger charge is 2.43. The number of hydrogen-bond donors (Lipinski definition) is 0. The Bertz CT molecular complexity index is 453. The van der Waals surface area contributed by atoms with Gasteiger partial charge in [0.2, 0.25) is 5.91 Å². The van der Waals surface area contributed by atoms with Crippen molar-refractivity contribution in [3.63, 3.8) is 0 Å². The van der Waals surface area contributed by atoms with Gasteiger partial charge in [0.1, 0.15) is 4.83 Å². The smallest absolute Gasteiger partial charge is 0.241 e. The normalized spacial score (nSPS) is 23.2. The molecule has 2 nitrogen and oxygen atoms in total. The molecule has 1 aliphatic heterocycles. The van der Waals surface area contributed by atoms with E-state index in [1.54, 1.807) is 4.90 Å². The van der Waals surface area contributed by atoms with Crippen LogP contribution in [0.3, 0.4) is 0 Å². The van der Waals surface area contributed by atoms with E-state index in [0.717, 1.165) is 5.69 Å². The zero-order chi connectivity index (χ0) is 12.1. The van der Waals surface area contributed by atoms with Gasteiger partial charge in [-0.3, -0.25) is 4.79 Å². The van der Waals surface area contributed by atoms with E-state index in [0.29, 0.717) is 0 Å². The maximum atomic E-state index is 12.1. The lowest BCUT2D eigenvalue weighted by Gasteiger charge is -2.40. The predicted octanol–water partition coefficient (Wildman–Crippen LogP) is 3.01. The molecule has 1 aromatic carbocycles. The second-order valence-corrected chi connectivity index (χ2v) is 5.92. The Labute approximate surface area is 105 Å². The topological polar surface area (TPSA) is 20.3 Å². The van der Waals surface area contributed by atoms with E-state index in [1.165, 1.54) is 11.1 Å². The van der Waals surface area contributed by atoms with Crippen molar-refractivity contribution in [2.45, 2.75) is 31.0 Å². The average Bonchev–Trinajstić information content (AvgIpc) is 2.24. The van der Waals surface area contributed by atoms with Crippen molar-refractivity contribution in [1.29, 1.82) is 0 Å². The summed E-state index contributed by atoms with van der Waals surface area (Å²) in [6.07, 6.45) is 0. The number of benzene rings is 1. The van der Waals surface area contributed by atoms with Crippen molar-refractivity contribution in [2.75, 3.05) is 11.9 Å². The first-order chi connectivity index (χ1) is 7.35. The quantitative estimate of drug-likeness (QED) is 0.670. The molecule has 2 rings (SSSR count). The zero-order valence-corrected chi connectivity index (χ0v) is 11.6. The van der Waals surface area contributed by atoms with Gasteiger partial charge in [-0.05, 0) is 18.6 Å². The molecule has 1 atom stereocenters. The highest BCUT2D eigenvalue weighted by molar-refractivity contribution is 9.10. The number of carbonyl (C=O) groups excluding carboxylic acids is 1. The van der Waals surface area contributed by atoms with Crippen LogP contribution in [0.1, 0.15) is 25.0 Å². The van der Waals surface area contributed by atoms with Crippen LogP contribution in [-0.4, -0.2) is 17.8 Å². The van der Waals surface area contributed by atoms with Crippen molar-refractivity contribution in [2.24, 2.45) is 0 Å². The fourth-order valence-electron chi connectivity index (χ4n) is 2.19. The molecule has 1 heterocycles. The molecule has 0 saturated heterocycles. The molecule has 0 fully saturated rings. The van der Waals surface area contributed by atoms with E-state index in [4.69, 9.17) is 0 Å². The summed E-state index contributed by atoms with van der Waals surface area (Å²) in [4.78, 5) is 13.6. The zero-order valence-electron chi connectivity index (χ0n) is 10.0. The number of anilines is 1. The molecule has 1 aliphatic rings. The maximum absolute atomic E-state index is 12.1. The van der Waals surface area contributed by atoms with Crippen LogP contribution in [0.25, 0.3) is 0 Å². The summed E-state index contributed by atoms with van der Waals surface area (Å²) in [5.41, 5.74) is 3.33. The number of hydrogen-bond acceptors (Lipinski definition) is 1. The predicted molar refractivity (Wildman–Crippen MR) is 70.3 cm³/mol. The molecule has 0 bridgehead atoms.